The van der Waals surface area contributed by atoms with Gasteiger partial charge in [-0.15, -0.1) is 0 Å². The van der Waals surface area contributed by atoms with Gasteiger partial charge in [-0.1, -0.05) is 19.3 Å². The molecule has 192 valence electrons. The molecule has 0 heterocycles. The van der Waals surface area contributed by atoms with Crippen molar-refractivity contribution in [3.63, 3.8) is 0 Å². The summed E-state index contributed by atoms with van der Waals surface area (Å²) in [6.07, 6.45) is -33.1. The third-order valence-corrected chi connectivity index (χ3v) is 4.36. The van der Waals surface area contributed by atoms with Crippen LogP contribution in [0.15, 0.2) is 0 Å². The van der Waals surface area contributed by atoms with Crippen molar-refractivity contribution >= 4 is 0 Å². The molecule has 0 saturated carbocycles. The van der Waals surface area contributed by atoms with Crippen molar-refractivity contribution in [1.82, 2.24) is 0 Å². The minimum Gasteiger partial charge on any atom is -0.346 e. The van der Waals surface area contributed by atoms with Crippen molar-refractivity contribution in [2.45, 2.75) is 87.9 Å². The summed E-state index contributed by atoms with van der Waals surface area (Å²) in [6.45, 7) is 8.17. The maximum Gasteiger partial charge on any atom is 2.00 e. The van der Waals surface area contributed by atoms with E-state index in [1.807, 2.05) is 0 Å². The molecule has 0 rings (SSSR count). The fourth-order valence-corrected chi connectivity index (χ4v) is 2.67. The second-order valence-corrected chi connectivity index (χ2v) is 6.55. The van der Waals surface area contributed by atoms with Crippen LogP contribution in [0.4, 0.5) is 61.5 Å². The van der Waals surface area contributed by atoms with E-state index in [9.17, 15) is 61.5 Å². The van der Waals surface area contributed by atoms with Gasteiger partial charge in [-0.2, -0.15) is 66.0 Å². The quantitative estimate of drug-likeness (QED) is 0.127. The van der Waals surface area contributed by atoms with E-state index in [1.54, 1.807) is 6.92 Å². The molecule has 0 nitrogen and oxygen atoms in total. The van der Waals surface area contributed by atoms with Crippen LogP contribution in [0.1, 0.15) is 51.9 Å². The van der Waals surface area contributed by atoms with Crippen LogP contribution in [0.25, 0.3) is 0 Å². The number of hydrogen-bond donors (Lipinski definition) is 0. The van der Waals surface area contributed by atoms with Crippen LogP contribution < -0.4 is 0 Å². The molecule has 1 unspecified atom stereocenters. The minimum absolute atomic E-state index is 0. The van der Waals surface area contributed by atoms with E-state index < -0.39 is 80.5 Å². The van der Waals surface area contributed by atoms with Gasteiger partial charge in [0.05, 0.1) is 0 Å². The predicted octanol–water partition coefficient (Wildman–Crippen LogP) is 8.67. The maximum absolute atomic E-state index is 13.8. The van der Waals surface area contributed by atoms with E-state index in [4.69, 9.17) is 0 Å². The van der Waals surface area contributed by atoms with Crippen molar-refractivity contribution in [3.05, 3.63) is 13.8 Å². The number of alkyl halides is 14. The molecule has 0 aromatic carbocycles. The molecule has 0 aliphatic rings. The van der Waals surface area contributed by atoms with Gasteiger partial charge in [0, 0.05) is 6.42 Å². The molecule has 0 bridgehead atoms. The molecule has 0 aromatic heterocycles. The minimum atomic E-state index is -6.34. The first-order valence-corrected chi connectivity index (χ1v) is 8.78. The van der Waals surface area contributed by atoms with Crippen LogP contribution >= 0.6 is 0 Å². The summed E-state index contributed by atoms with van der Waals surface area (Å²) in [5.74, 6) is -1.70. The van der Waals surface area contributed by atoms with Crippen LogP contribution in [-0.2, 0) is 0 Å². The molecular formula is C17H22F14U. The van der Waals surface area contributed by atoms with Gasteiger partial charge in [0.1, 0.15) is 0 Å². The number of halogens is 14. The number of unbranched alkanes of at least 4 members (excludes halogenated alkanes) is 1. The van der Waals surface area contributed by atoms with Gasteiger partial charge in [0.25, 0.3) is 11.3 Å². The molecule has 0 aliphatic heterocycles. The number of rotatable bonds is 9. The van der Waals surface area contributed by atoms with Crippen molar-refractivity contribution in [2.24, 2.45) is 5.92 Å². The van der Waals surface area contributed by atoms with Crippen LogP contribution in [0.2, 0.25) is 0 Å². The van der Waals surface area contributed by atoms with Crippen molar-refractivity contribution < 1.29 is 92.6 Å². The fourth-order valence-electron chi connectivity index (χ4n) is 2.67. The molecule has 15 heteroatoms. The zero-order chi connectivity index (χ0) is 25.5. The number of hydrogen-bond acceptors (Lipinski definition) is 0. The van der Waals surface area contributed by atoms with Gasteiger partial charge in [0.15, 0.2) is 0 Å². The molecule has 0 saturated heterocycles. The third-order valence-electron chi connectivity index (χ3n) is 4.36. The monoisotopic (exact) mass is 730 g/mol. The Morgan fingerprint density at radius 1 is 0.562 bits per heavy atom. The van der Waals surface area contributed by atoms with Crippen molar-refractivity contribution in [2.75, 3.05) is 0 Å². The summed E-state index contributed by atoms with van der Waals surface area (Å²) in [5, 5.41) is 0. The third kappa shape index (κ3) is 9.37. The maximum atomic E-state index is 13.8. The predicted molar refractivity (Wildman–Crippen MR) is 84.1 cm³/mol. The molecule has 32 heavy (non-hydrogen) atoms. The Morgan fingerprint density at radius 3 is 1.19 bits per heavy atom. The average molecular weight is 730 g/mol. The Morgan fingerprint density at radius 2 is 0.906 bits per heavy atom. The first kappa shape index (κ1) is 36.6. The molecule has 0 radical (unpaired) electrons. The molecule has 0 aliphatic carbocycles. The van der Waals surface area contributed by atoms with E-state index in [0.717, 1.165) is 0 Å². The Balaban J connectivity index is -0.00000272. The van der Waals surface area contributed by atoms with E-state index in [-0.39, 0.29) is 37.5 Å². The van der Waals surface area contributed by atoms with Crippen LogP contribution in [0, 0.1) is 50.9 Å². The van der Waals surface area contributed by atoms with Gasteiger partial charge in [-0.25, -0.2) is 8.78 Å². The Hall–Kier alpha value is 0.0719. The second kappa shape index (κ2) is 13.2. The molecule has 0 fully saturated rings. The van der Waals surface area contributed by atoms with E-state index >= 15 is 0 Å². The van der Waals surface area contributed by atoms with Crippen LogP contribution in [0.3, 0.4) is 0 Å². The molecular weight excluding hydrogens is 708 g/mol. The van der Waals surface area contributed by atoms with Gasteiger partial charge in [-0.05, 0) is 18.8 Å². The summed E-state index contributed by atoms with van der Waals surface area (Å²) in [6, 6.07) is 0. The first-order chi connectivity index (χ1) is 13.6. The summed E-state index contributed by atoms with van der Waals surface area (Å²) < 4.78 is 177. The molecule has 0 spiro atoms. The van der Waals surface area contributed by atoms with Crippen LogP contribution in [0.5, 0.6) is 0 Å². The van der Waals surface area contributed by atoms with Crippen molar-refractivity contribution in [3.8, 4) is 0 Å². The van der Waals surface area contributed by atoms with Crippen LogP contribution in [-0.4, -0.2) is 36.0 Å². The largest absolute Gasteiger partial charge is 2.00 e. The summed E-state index contributed by atoms with van der Waals surface area (Å²) >= 11 is 0. The zero-order valence-electron chi connectivity index (χ0n) is 16.7. The smallest absolute Gasteiger partial charge is 0.346 e. The van der Waals surface area contributed by atoms with Gasteiger partial charge < -0.3 is 13.8 Å². The summed E-state index contributed by atoms with van der Waals surface area (Å²) in [7, 11) is 0. The SMILES string of the molecule is [CH2-]C.[CH2-]CCC(CCCCC(F)(C(F)(F)F)C(F)(F)F)CC(F)(C(F)(F)F)C(F)(F)F.[U+2]. The normalized spacial score (nSPS) is 14.9. The molecule has 0 aromatic rings. The zero-order valence-corrected chi connectivity index (χ0v) is 20.9. The Kier molecular flexibility index (Phi) is 15.2. The molecule has 1 atom stereocenters. The van der Waals surface area contributed by atoms with E-state index in [1.165, 1.54) is 0 Å². The van der Waals surface area contributed by atoms with E-state index in [0.29, 0.717) is 0 Å². The average Bonchev–Trinajstić information content (AvgIpc) is 2.56. The Bertz CT molecular complexity index is 475. The van der Waals surface area contributed by atoms with Gasteiger partial charge in [0.2, 0.25) is 0 Å². The second-order valence-electron chi connectivity index (χ2n) is 6.55. The van der Waals surface area contributed by atoms with Crippen molar-refractivity contribution in [1.29, 1.82) is 0 Å². The molecule has 0 amide bonds. The van der Waals surface area contributed by atoms with E-state index in [2.05, 4.69) is 13.8 Å². The summed E-state index contributed by atoms with van der Waals surface area (Å²) in [5.41, 5.74) is -11.2. The van der Waals surface area contributed by atoms with Gasteiger partial charge >= 0.3 is 55.8 Å². The molecule has 0 N–H and O–H groups in total. The Labute approximate surface area is 200 Å². The fraction of sp³-hybridized carbons (Fsp3) is 0.882. The van der Waals surface area contributed by atoms with Gasteiger partial charge in [-0.3, -0.25) is 0 Å². The first-order valence-electron chi connectivity index (χ1n) is 8.78. The summed E-state index contributed by atoms with van der Waals surface area (Å²) in [4.78, 5) is 0. The standard InChI is InChI=1S/C15H17F14.C2H5.U/c1-2-5-9(8-11(17,14(24,25)26)15(27,28)29)6-3-4-7-10(16,12(18,19)20)13(21,22)23;1-2;/h9H,1-8H2;1H2,2H3;/q2*-1;+2. The topological polar surface area (TPSA) is 0 Å².